The van der Waals surface area contributed by atoms with Crippen LogP contribution in [0.4, 0.5) is 0 Å². The molecule has 0 aromatic carbocycles. The minimum atomic E-state index is -1.34. The normalized spacial score (nSPS) is 20.4. The van der Waals surface area contributed by atoms with Gasteiger partial charge in [0.1, 0.15) is 0 Å². The highest BCUT2D eigenvalue weighted by atomic mass is 16.5. The largest absolute Gasteiger partial charge is 0.467 e. The van der Waals surface area contributed by atoms with Crippen LogP contribution in [0, 0.1) is 0 Å². The summed E-state index contributed by atoms with van der Waals surface area (Å²) >= 11 is 0. The number of hydrogen-bond donors (Lipinski definition) is 3. The van der Waals surface area contributed by atoms with Crippen LogP contribution in [0.15, 0.2) is 0 Å². The van der Waals surface area contributed by atoms with Crippen molar-refractivity contribution in [2.24, 2.45) is 5.73 Å². The van der Waals surface area contributed by atoms with Gasteiger partial charge in [-0.1, -0.05) is 19.3 Å². The van der Waals surface area contributed by atoms with Crippen LogP contribution in [-0.2, 0) is 14.3 Å². The SMILES string of the molecule is COC(=O)C(O)CNC(=O)C1(N)CCCCC1. The van der Waals surface area contributed by atoms with Gasteiger partial charge in [-0.15, -0.1) is 0 Å². The van der Waals surface area contributed by atoms with Crippen molar-refractivity contribution < 1.29 is 19.4 Å². The molecular formula is C11H20N2O4. The topological polar surface area (TPSA) is 102 Å². The number of hydrogen-bond acceptors (Lipinski definition) is 5. The Labute approximate surface area is 101 Å². The van der Waals surface area contributed by atoms with E-state index >= 15 is 0 Å². The van der Waals surface area contributed by atoms with Gasteiger partial charge >= 0.3 is 5.97 Å². The predicted octanol–water partition coefficient (Wildman–Crippen LogP) is -0.702. The molecule has 4 N–H and O–H groups in total. The first-order valence-corrected chi connectivity index (χ1v) is 5.83. The number of aliphatic hydroxyl groups is 1. The Morgan fingerprint density at radius 2 is 2.00 bits per heavy atom. The van der Waals surface area contributed by atoms with Crippen molar-refractivity contribution in [1.82, 2.24) is 5.32 Å². The Balaban J connectivity index is 2.41. The van der Waals surface area contributed by atoms with Crippen LogP contribution in [-0.4, -0.2) is 42.3 Å². The van der Waals surface area contributed by atoms with Crippen molar-refractivity contribution in [3.8, 4) is 0 Å². The van der Waals surface area contributed by atoms with Gasteiger partial charge in [-0.3, -0.25) is 4.79 Å². The third-order valence-electron chi connectivity index (χ3n) is 3.13. The molecule has 6 heteroatoms. The summed E-state index contributed by atoms with van der Waals surface area (Å²) < 4.78 is 4.34. The van der Waals surface area contributed by atoms with Gasteiger partial charge in [-0.05, 0) is 12.8 Å². The third kappa shape index (κ3) is 3.67. The summed E-state index contributed by atoms with van der Waals surface area (Å²) in [6.45, 7) is -0.162. The molecular weight excluding hydrogens is 224 g/mol. The number of amides is 1. The van der Waals surface area contributed by atoms with E-state index < -0.39 is 17.6 Å². The van der Waals surface area contributed by atoms with Crippen molar-refractivity contribution >= 4 is 11.9 Å². The van der Waals surface area contributed by atoms with Crippen molar-refractivity contribution in [2.45, 2.75) is 43.7 Å². The smallest absolute Gasteiger partial charge is 0.336 e. The molecule has 1 fully saturated rings. The molecule has 17 heavy (non-hydrogen) atoms. The van der Waals surface area contributed by atoms with E-state index in [1.807, 2.05) is 0 Å². The number of esters is 1. The standard InChI is InChI=1S/C11H20N2O4/c1-17-9(15)8(14)7-13-10(16)11(12)5-3-2-4-6-11/h8,14H,2-7,12H2,1H3,(H,13,16). The molecule has 1 atom stereocenters. The average molecular weight is 244 g/mol. The minimum Gasteiger partial charge on any atom is -0.467 e. The fraction of sp³-hybridized carbons (Fsp3) is 0.818. The molecule has 1 aliphatic carbocycles. The number of ether oxygens (including phenoxy) is 1. The molecule has 0 bridgehead atoms. The minimum absolute atomic E-state index is 0.162. The molecule has 6 nitrogen and oxygen atoms in total. The maximum Gasteiger partial charge on any atom is 0.336 e. The molecule has 0 spiro atoms. The second-order valence-electron chi connectivity index (χ2n) is 4.47. The molecule has 0 saturated heterocycles. The van der Waals surface area contributed by atoms with E-state index in [-0.39, 0.29) is 12.5 Å². The lowest BCUT2D eigenvalue weighted by molar-refractivity contribution is -0.150. The molecule has 0 heterocycles. The van der Waals surface area contributed by atoms with Crippen LogP contribution >= 0.6 is 0 Å². The van der Waals surface area contributed by atoms with Crippen LogP contribution < -0.4 is 11.1 Å². The van der Waals surface area contributed by atoms with Crippen LogP contribution in [0.1, 0.15) is 32.1 Å². The maximum atomic E-state index is 11.8. The van der Waals surface area contributed by atoms with Gasteiger partial charge < -0.3 is 20.9 Å². The van der Waals surface area contributed by atoms with Gasteiger partial charge in [-0.25, -0.2) is 4.79 Å². The Morgan fingerprint density at radius 3 is 2.53 bits per heavy atom. The monoisotopic (exact) mass is 244 g/mol. The molecule has 1 aliphatic rings. The highest BCUT2D eigenvalue weighted by molar-refractivity contribution is 5.86. The molecule has 1 amide bonds. The summed E-state index contributed by atoms with van der Waals surface area (Å²) in [4.78, 5) is 22.8. The summed E-state index contributed by atoms with van der Waals surface area (Å²) in [5, 5.41) is 11.8. The number of methoxy groups -OCH3 is 1. The zero-order valence-corrected chi connectivity index (χ0v) is 10.1. The summed E-state index contributed by atoms with van der Waals surface area (Å²) in [5.41, 5.74) is 5.13. The number of nitrogens with two attached hydrogens (primary N) is 1. The summed E-state index contributed by atoms with van der Waals surface area (Å²) in [6.07, 6.45) is 2.92. The molecule has 0 radical (unpaired) electrons. The van der Waals surface area contributed by atoms with Crippen LogP contribution in [0.25, 0.3) is 0 Å². The van der Waals surface area contributed by atoms with Gasteiger partial charge in [0.15, 0.2) is 6.10 Å². The van der Waals surface area contributed by atoms with Gasteiger partial charge in [-0.2, -0.15) is 0 Å². The van der Waals surface area contributed by atoms with E-state index in [0.29, 0.717) is 12.8 Å². The maximum absolute atomic E-state index is 11.8. The van der Waals surface area contributed by atoms with E-state index in [2.05, 4.69) is 10.1 Å². The number of nitrogens with one attached hydrogen (secondary N) is 1. The van der Waals surface area contributed by atoms with E-state index in [0.717, 1.165) is 19.3 Å². The van der Waals surface area contributed by atoms with Gasteiger partial charge in [0.25, 0.3) is 0 Å². The number of aliphatic hydroxyl groups excluding tert-OH is 1. The molecule has 1 unspecified atom stereocenters. The first kappa shape index (κ1) is 13.9. The Morgan fingerprint density at radius 1 is 1.41 bits per heavy atom. The lowest BCUT2D eigenvalue weighted by Crippen LogP contribution is -2.56. The Kier molecular flexibility index (Phi) is 4.89. The van der Waals surface area contributed by atoms with E-state index in [1.165, 1.54) is 7.11 Å². The van der Waals surface area contributed by atoms with Crippen molar-refractivity contribution in [3.63, 3.8) is 0 Å². The second-order valence-corrected chi connectivity index (χ2v) is 4.47. The molecule has 0 aromatic heterocycles. The van der Waals surface area contributed by atoms with Crippen molar-refractivity contribution in [3.05, 3.63) is 0 Å². The lowest BCUT2D eigenvalue weighted by atomic mass is 9.82. The first-order chi connectivity index (χ1) is 7.99. The molecule has 0 aliphatic heterocycles. The van der Waals surface area contributed by atoms with E-state index in [4.69, 9.17) is 5.73 Å². The summed E-state index contributed by atoms with van der Waals surface area (Å²) in [5.74, 6) is -1.07. The van der Waals surface area contributed by atoms with E-state index in [1.54, 1.807) is 0 Å². The van der Waals surface area contributed by atoms with Crippen molar-refractivity contribution in [1.29, 1.82) is 0 Å². The molecule has 0 aromatic rings. The molecule has 98 valence electrons. The average Bonchev–Trinajstić information content (AvgIpc) is 2.35. The summed E-state index contributed by atoms with van der Waals surface area (Å²) in [7, 11) is 1.18. The van der Waals surface area contributed by atoms with Crippen LogP contribution in [0.2, 0.25) is 0 Å². The van der Waals surface area contributed by atoms with Crippen molar-refractivity contribution in [2.75, 3.05) is 13.7 Å². The lowest BCUT2D eigenvalue weighted by Gasteiger charge is -2.31. The van der Waals surface area contributed by atoms with E-state index in [9.17, 15) is 14.7 Å². The molecule has 1 rings (SSSR count). The third-order valence-corrected chi connectivity index (χ3v) is 3.13. The highest BCUT2D eigenvalue weighted by Crippen LogP contribution is 2.25. The number of rotatable bonds is 4. The fourth-order valence-electron chi connectivity index (χ4n) is 1.99. The van der Waals surface area contributed by atoms with Gasteiger partial charge in [0, 0.05) is 0 Å². The zero-order valence-electron chi connectivity index (χ0n) is 10.1. The highest BCUT2D eigenvalue weighted by Gasteiger charge is 2.35. The predicted molar refractivity (Wildman–Crippen MR) is 61.0 cm³/mol. The Hall–Kier alpha value is -1.14. The van der Waals surface area contributed by atoms with Crippen LogP contribution in [0.3, 0.4) is 0 Å². The second kappa shape index (κ2) is 5.97. The molecule has 1 saturated carbocycles. The fourth-order valence-corrected chi connectivity index (χ4v) is 1.99. The number of carbonyl (C=O) groups is 2. The quantitative estimate of drug-likeness (QED) is 0.567. The van der Waals surface area contributed by atoms with Crippen LogP contribution in [0.5, 0.6) is 0 Å². The Bertz CT molecular complexity index is 287. The van der Waals surface area contributed by atoms with Gasteiger partial charge in [0.05, 0.1) is 19.2 Å². The zero-order chi connectivity index (χ0) is 12.9. The first-order valence-electron chi connectivity index (χ1n) is 5.83. The number of carbonyl (C=O) groups excluding carboxylic acids is 2. The summed E-state index contributed by atoms with van der Waals surface area (Å²) in [6, 6.07) is 0. The van der Waals surface area contributed by atoms with Gasteiger partial charge in [0.2, 0.25) is 5.91 Å².